The number of nitrogens with one attached hydrogen (secondary N) is 3. The summed E-state index contributed by atoms with van der Waals surface area (Å²) in [5, 5.41) is 17.4. The Morgan fingerprint density at radius 2 is 1.87 bits per heavy atom. The van der Waals surface area contributed by atoms with E-state index in [1.165, 1.54) is 22.3 Å². The van der Waals surface area contributed by atoms with Crippen molar-refractivity contribution in [1.82, 2.24) is 30.5 Å². The lowest BCUT2D eigenvalue weighted by molar-refractivity contribution is -0.146. The number of H-pyrrole nitrogens is 1. The van der Waals surface area contributed by atoms with E-state index in [4.69, 9.17) is 14.7 Å². The van der Waals surface area contributed by atoms with Gasteiger partial charge < -0.3 is 30.4 Å². The molecule has 1 saturated carbocycles. The number of carboxylic acid groups (broad SMARTS) is 1. The number of carboxylic acids is 1. The fraction of sp³-hybridized carbons (Fsp3) is 0.353. The number of rotatable bonds is 10. The van der Waals surface area contributed by atoms with Gasteiger partial charge in [-0.25, -0.2) is 14.8 Å². The number of amides is 3. The average Bonchev–Trinajstić information content (AvgIpc) is 3.54. The molecule has 1 aromatic carbocycles. The molecule has 47 heavy (non-hydrogen) atoms. The Labute approximate surface area is 275 Å². The molecule has 0 bridgehead atoms. The predicted octanol–water partition coefficient (Wildman–Crippen LogP) is 4.02. The minimum Gasteiger partial charge on any atom is -0.479 e. The van der Waals surface area contributed by atoms with Crippen molar-refractivity contribution in [1.29, 1.82) is 0 Å². The number of hydrogen-bond acceptors (Lipinski definition) is 8. The molecule has 1 aliphatic heterocycles. The fourth-order valence-corrected chi connectivity index (χ4v) is 6.69. The molecule has 13 heteroatoms. The number of carbonyl (C=O) groups is 4. The van der Waals surface area contributed by atoms with Gasteiger partial charge in [0, 0.05) is 18.5 Å². The smallest absolute Gasteiger partial charge is 0.330 e. The third-order valence-electron chi connectivity index (χ3n) is 8.68. The highest BCUT2D eigenvalue weighted by atomic mass is 32.1. The van der Waals surface area contributed by atoms with E-state index >= 15 is 0 Å². The molecule has 3 amide bonds. The maximum absolute atomic E-state index is 14.4. The van der Waals surface area contributed by atoms with Gasteiger partial charge in [-0.15, -0.1) is 17.9 Å². The van der Waals surface area contributed by atoms with E-state index in [0.29, 0.717) is 16.7 Å². The van der Waals surface area contributed by atoms with Crippen LogP contribution in [0.5, 0.6) is 5.88 Å². The number of likely N-dealkylation sites (tertiary alicyclic amines) is 1. The molecular weight excluding hydrogens is 620 g/mol. The lowest BCUT2D eigenvalue weighted by Crippen LogP contribution is -2.59. The molecule has 5 atom stereocenters. The molecular formula is C34H36N6O6S. The number of benzene rings is 1. The Kier molecular flexibility index (Phi) is 8.35. The van der Waals surface area contributed by atoms with Crippen LogP contribution < -0.4 is 15.4 Å². The van der Waals surface area contributed by atoms with E-state index in [0.717, 1.165) is 4.88 Å². The molecule has 0 spiro atoms. The molecule has 2 fully saturated rings. The largest absolute Gasteiger partial charge is 0.479 e. The van der Waals surface area contributed by atoms with E-state index in [2.05, 4.69) is 22.2 Å². The van der Waals surface area contributed by atoms with Crippen molar-refractivity contribution in [3.05, 3.63) is 78.5 Å². The molecule has 244 valence electrons. The number of ether oxygens (including phenoxy) is 1. The van der Waals surface area contributed by atoms with Gasteiger partial charge in [0.25, 0.3) is 5.91 Å². The van der Waals surface area contributed by atoms with Crippen molar-refractivity contribution in [3.8, 4) is 16.5 Å². The number of fused-ring (bicyclic) bond motifs is 1. The van der Waals surface area contributed by atoms with Crippen molar-refractivity contribution in [2.75, 3.05) is 6.54 Å². The first-order valence-corrected chi connectivity index (χ1v) is 16.2. The third-order valence-corrected chi connectivity index (χ3v) is 9.55. The summed E-state index contributed by atoms with van der Waals surface area (Å²) in [4.78, 5) is 68.3. The normalized spacial score (nSPS) is 22.8. The first-order chi connectivity index (χ1) is 22.4. The Morgan fingerprint density at radius 3 is 2.47 bits per heavy atom. The van der Waals surface area contributed by atoms with Gasteiger partial charge in [-0.1, -0.05) is 45.0 Å². The van der Waals surface area contributed by atoms with Crippen LogP contribution in [0.15, 0.2) is 72.8 Å². The fourth-order valence-electron chi connectivity index (χ4n) is 5.99. The van der Waals surface area contributed by atoms with E-state index in [1.54, 1.807) is 18.3 Å². The molecule has 1 unspecified atom stereocenters. The minimum absolute atomic E-state index is 0.00871. The number of nitrogens with zero attached hydrogens (tertiary/aromatic N) is 3. The zero-order valence-corrected chi connectivity index (χ0v) is 27.0. The van der Waals surface area contributed by atoms with Crippen LogP contribution in [-0.2, 0) is 14.4 Å². The third kappa shape index (κ3) is 6.22. The van der Waals surface area contributed by atoms with Crippen LogP contribution in [0.3, 0.4) is 0 Å². The maximum atomic E-state index is 14.4. The molecule has 6 rings (SSSR count). The van der Waals surface area contributed by atoms with Crippen LogP contribution in [0.2, 0.25) is 0 Å². The summed E-state index contributed by atoms with van der Waals surface area (Å²) >= 11 is 1.48. The van der Waals surface area contributed by atoms with Crippen molar-refractivity contribution in [2.24, 2.45) is 11.3 Å². The summed E-state index contributed by atoms with van der Waals surface area (Å²) in [6.45, 7) is 9.15. The lowest BCUT2D eigenvalue weighted by atomic mass is 9.85. The summed E-state index contributed by atoms with van der Waals surface area (Å²) < 4.78 is 6.47. The van der Waals surface area contributed by atoms with Gasteiger partial charge in [0.05, 0.1) is 22.5 Å². The zero-order chi connectivity index (χ0) is 33.5. The van der Waals surface area contributed by atoms with Crippen molar-refractivity contribution < 1.29 is 29.0 Å². The van der Waals surface area contributed by atoms with Crippen molar-refractivity contribution in [3.63, 3.8) is 0 Å². The first-order valence-electron chi connectivity index (χ1n) is 15.3. The monoisotopic (exact) mass is 656 g/mol. The maximum Gasteiger partial charge on any atom is 0.330 e. The zero-order valence-electron chi connectivity index (χ0n) is 26.2. The molecule has 12 nitrogen and oxygen atoms in total. The standard InChI is InChI=1S/C34H36N6O6S/c1-5-19-17-34(19,32(44)45)39-29(42)24-16-20(18-40(24)31(43)27(33(2,3)4)38-28(41)23-12-8-14-35-23)46-30-26(25-13-9-15-47-25)36-21-10-6-7-11-22(21)37-30/h5-15,19-20,24,27,35H,1,16-18H2,2-4H3,(H,38,41)(H,39,42)(H,44,45)/t19-,20-,24+,27-,34?/m1/s1. The van der Waals surface area contributed by atoms with Gasteiger partial charge in [-0.3, -0.25) is 14.4 Å². The van der Waals surface area contributed by atoms with Crippen LogP contribution in [0, 0.1) is 11.3 Å². The van der Waals surface area contributed by atoms with Crippen LogP contribution in [0.4, 0.5) is 0 Å². The molecule has 1 aliphatic carbocycles. The highest BCUT2D eigenvalue weighted by Crippen LogP contribution is 2.45. The van der Waals surface area contributed by atoms with Gasteiger partial charge >= 0.3 is 5.97 Å². The number of aromatic amines is 1. The molecule has 4 aromatic rings. The molecule has 3 aromatic heterocycles. The lowest BCUT2D eigenvalue weighted by Gasteiger charge is -2.35. The number of carbonyl (C=O) groups excluding carboxylic acids is 3. The summed E-state index contributed by atoms with van der Waals surface area (Å²) in [6, 6.07) is 12.4. The van der Waals surface area contributed by atoms with Crippen LogP contribution >= 0.6 is 11.3 Å². The number of hydrogen-bond donors (Lipinski definition) is 4. The number of thiophene rings is 1. The topological polar surface area (TPSA) is 167 Å². The highest BCUT2D eigenvalue weighted by molar-refractivity contribution is 7.13. The summed E-state index contributed by atoms with van der Waals surface area (Å²) in [7, 11) is 0. The van der Waals surface area contributed by atoms with Gasteiger partial charge in [-0.2, -0.15) is 0 Å². The molecule has 2 aliphatic rings. The predicted molar refractivity (Wildman–Crippen MR) is 176 cm³/mol. The van der Waals surface area contributed by atoms with Gasteiger partial charge in [-0.05, 0) is 47.5 Å². The second-order valence-electron chi connectivity index (χ2n) is 13.0. The second-order valence-corrected chi connectivity index (χ2v) is 13.9. The van der Waals surface area contributed by atoms with Gasteiger partial charge in [0.15, 0.2) is 0 Å². The van der Waals surface area contributed by atoms with E-state index < -0.39 is 58.8 Å². The van der Waals surface area contributed by atoms with E-state index in [1.807, 2.05) is 62.5 Å². The molecule has 4 N–H and O–H groups in total. The number of aliphatic carboxylic acids is 1. The summed E-state index contributed by atoms with van der Waals surface area (Å²) in [5.74, 6) is -2.94. The van der Waals surface area contributed by atoms with Gasteiger partial charge in [0.2, 0.25) is 17.7 Å². The highest BCUT2D eigenvalue weighted by Gasteiger charge is 2.61. The van der Waals surface area contributed by atoms with Crippen LogP contribution in [-0.4, -0.2) is 78.9 Å². The molecule has 4 heterocycles. The molecule has 0 radical (unpaired) electrons. The Bertz CT molecular complexity index is 1840. The minimum atomic E-state index is -1.49. The summed E-state index contributed by atoms with van der Waals surface area (Å²) in [6.07, 6.45) is 2.68. The van der Waals surface area contributed by atoms with Crippen molar-refractivity contribution in [2.45, 2.75) is 57.3 Å². The molecule has 1 saturated heterocycles. The number of para-hydroxylation sites is 2. The quantitative estimate of drug-likeness (QED) is 0.186. The summed E-state index contributed by atoms with van der Waals surface area (Å²) in [5.41, 5.74) is -0.111. The number of aromatic nitrogens is 3. The Morgan fingerprint density at radius 1 is 1.13 bits per heavy atom. The van der Waals surface area contributed by atoms with Crippen LogP contribution in [0.1, 0.15) is 44.1 Å². The second kappa shape index (κ2) is 12.3. The van der Waals surface area contributed by atoms with E-state index in [9.17, 15) is 24.3 Å². The first kappa shape index (κ1) is 31.9. The van der Waals surface area contributed by atoms with E-state index in [-0.39, 0.29) is 31.0 Å². The SMILES string of the molecule is C=C[C@@H]1CC1(NC(=O)[C@@H]1C[C@@H](Oc2nc3ccccc3nc2-c2cccs2)CN1C(=O)[C@@H](NC(=O)c1ccc[nH]1)C(C)(C)C)C(=O)O. The Balaban J connectivity index is 1.33. The Hall–Kier alpha value is -5.04. The van der Waals surface area contributed by atoms with Crippen molar-refractivity contribution >= 4 is 46.1 Å². The van der Waals surface area contributed by atoms with Gasteiger partial charge in [0.1, 0.15) is 35.1 Å². The average molecular weight is 657 g/mol. The van der Waals surface area contributed by atoms with Crippen LogP contribution in [0.25, 0.3) is 21.6 Å².